The number of ether oxygens (including phenoxy) is 1. The summed E-state index contributed by atoms with van der Waals surface area (Å²) in [6.45, 7) is 4.10. The van der Waals surface area contributed by atoms with Gasteiger partial charge in [-0.2, -0.15) is 0 Å². The van der Waals surface area contributed by atoms with Crippen molar-refractivity contribution in [3.05, 3.63) is 10.0 Å². The molecule has 0 radical (unpaired) electrons. The Morgan fingerprint density at radius 2 is 2.07 bits per heavy atom. The van der Waals surface area contributed by atoms with Gasteiger partial charge >= 0.3 is 0 Å². The zero-order valence-electron chi connectivity index (χ0n) is 9.07. The Balaban J connectivity index is 2.76. The highest BCUT2D eigenvalue weighted by Gasteiger charge is 2.15. The van der Waals surface area contributed by atoms with E-state index >= 15 is 0 Å². The standard InChI is InChI=1S/C9H17N3OS/c1-5-7(10-3)9-12-11-8(14-9)6(2)13-4/h6-7,10H,5H2,1-4H3. The molecule has 0 saturated heterocycles. The summed E-state index contributed by atoms with van der Waals surface area (Å²) in [4.78, 5) is 0. The lowest BCUT2D eigenvalue weighted by Crippen LogP contribution is -2.14. The number of aromatic nitrogens is 2. The monoisotopic (exact) mass is 215 g/mol. The van der Waals surface area contributed by atoms with Crippen LogP contribution in [0.25, 0.3) is 0 Å². The first kappa shape index (κ1) is 11.6. The summed E-state index contributed by atoms with van der Waals surface area (Å²) < 4.78 is 5.18. The summed E-state index contributed by atoms with van der Waals surface area (Å²) in [5, 5.41) is 13.4. The van der Waals surface area contributed by atoms with E-state index in [1.54, 1.807) is 18.4 Å². The molecule has 0 aliphatic rings. The van der Waals surface area contributed by atoms with Crippen LogP contribution in [0.4, 0.5) is 0 Å². The molecule has 1 rings (SSSR count). The summed E-state index contributed by atoms with van der Waals surface area (Å²) >= 11 is 1.61. The first-order valence-corrected chi connectivity index (χ1v) is 5.57. The second-order valence-corrected chi connectivity index (χ2v) is 4.15. The van der Waals surface area contributed by atoms with Gasteiger partial charge < -0.3 is 10.1 Å². The summed E-state index contributed by atoms with van der Waals surface area (Å²) in [5.74, 6) is 0. The number of rotatable bonds is 5. The minimum absolute atomic E-state index is 0.0376. The average Bonchev–Trinajstić information content (AvgIpc) is 2.68. The van der Waals surface area contributed by atoms with Crippen LogP contribution in [0.3, 0.4) is 0 Å². The molecular weight excluding hydrogens is 198 g/mol. The van der Waals surface area contributed by atoms with Crippen LogP contribution >= 0.6 is 11.3 Å². The second kappa shape index (κ2) is 5.38. The summed E-state index contributed by atoms with van der Waals surface area (Å²) in [7, 11) is 3.62. The largest absolute Gasteiger partial charge is 0.374 e. The van der Waals surface area contributed by atoms with Crippen molar-refractivity contribution < 1.29 is 4.74 Å². The van der Waals surface area contributed by atoms with E-state index in [2.05, 4.69) is 22.4 Å². The summed E-state index contributed by atoms with van der Waals surface area (Å²) in [5.41, 5.74) is 0. The molecule has 0 aromatic carbocycles. The van der Waals surface area contributed by atoms with Gasteiger partial charge in [0.05, 0.1) is 6.04 Å². The van der Waals surface area contributed by atoms with Crippen LogP contribution < -0.4 is 5.32 Å². The molecule has 1 N–H and O–H groups in total. The van der Waals surface area contributed by atoms with Crippen LogP contribution in [0, 0.1) is 0 Å². The molecule has 2 atom stereocenters. The first-order chi connectivity index (χ1) is 6.72. The Bertz CT molecular complexity index is 273. The molecule has 0 bridgehead atoms. The summed E-state index contributed by atoms with van der Waals surface area (Å²) in [6.07, 6.45) is 1.06. The maximum absolute atomic E-state index is 5.18. The predicted octanol–water partition coefficient (Wildman–Crippen LogP) is 1.92. The van der Waals surface area contributed by atoms with Crippen LogP contribution in [0.15, 0.2) is 0 Å². The van der Waals surface area contributed by atoms with E-state index < -0.39 is 0 Å². The molecule has 0 amide bonds. The normalized spacial score (nSPS) is 15.4. The second-order valence-electron chi connectivity index (χ2n) is 3.11. The quantitative estimate of drug-likeness (QED) is 0.815. The zero-order valence-corrected chi connectivity index (χ0v) is 9.89. The van der Waals surface area contributed by atoms with Crippen molar-refractivity contribution in [2.24, 2.45) is 0 Å². The SMILES string of the molecule is CCC(NC)c1nnc(C(C)OC)s1. The lowest BCUT2D eigenvalue weighted by molar-refractivity contribution is 0.118. The maximum Gasteiger partial charge on any atom is 0.146 e. The molecule has 2 unspecified atom stereocenters. The summed E-state index contributed by atoms with van der Waals surface area (Å²) in [6, 6.07) is 0.310. The highest BCUT2D eigenvalue weighted by Crippen LogP contribution is 2.25. The van der Waals surface area contributed by atoms with Gasteiger partial charge in [0.25, 0.3) is 0 Å². The van der Waals surface area contributed by atoms with Gasteiger partial charge in [-0.15, -0.1) is 10.2 Å². The van der Waals surface area contributed by atoms with Crippen molar-refractivity contribution in [2.45, 2.75) is 32.4 Å². The van der Waals surface area contributed by atoms with E-state index in [4.69, 9.17) is 4.74 Å². The smallest absolute Gasteiger partial charge is 0.146 e. The van der Waals surface area contributed by atoms with Gasteiger partial charge in [0.2, 0.25) is 0 Å². The fraction of sp³-hybridized carbons (Fsp3) is 0.778. The number of hydrogen-bond donors (Lipinski definition) is 1. The van der Waals surface area contributed by atoms with Crippen LogP contribution in [0.5, 0.6) is 0 Å². The molecule has 0 aliphatic carbocycles. The van der Waals surface area contributed by atoms with Crippen molar-refractivity contribution in [3.8, 4) is 0 Å². The first-order valence-electron chi connectivity index (χ1n) is 4.76. The van der Waals surface area contributed by atoms with Crippen LogP contribution in [-0.4, -0.2) is 24.4 Å². The lowest BCUT2D eigenvalue weighted by atomic mass is 10.2. The van der Waals surface area contributed by atoms with Gasteiger partial charge in [-0.05, 0) is 20.4 Å². The van der Waals surface area contributed by atoms with E-state index in [1.165, 1.54) is 0 Å². The number of nitrogens with zero attached hydrogens (tertiary/aromatic N) is 2. The highest BCUT2D eigenvalue weighted by atomic mass is 32.1. The van der Waals surface area contributed by atoms with Gasteiger partial charge in [-0.25, -0.2) is 0 Å². The molecule has 0 aliphatic heterocycles. The van der Waals surface area contributed by atoms with Gasteiger partial charge in [0.15, 0.2) is 0 Å². The third kappa shape index (κ3) is 2.50. The Labute approximate surface area is 88.7 Å². The topological polar surface area (TPSA) is 47.0 Å². The predicted molar refractivity (Wildman–Crippen MR) is 57.4 cm³/mol. The van der Waals surface area contributed by atoms with E-state index in [0.717, 1.165) is 16.4 Å². The minimum Gasteiger partial charge on any atom is -0.374 e. The molecular formula is C9H17N3OS. The Morgan fingerprint density at radius 3 is 2.57 bits per heavy atom. The van der Waals surface area contributed by atoms with Gasteiger partial charge in [-0.1, -0.05) is 18.3 Å². The molecule has 0 spiro atoms. The van der Waals surface area contributed by atoms with Crippen molar-refractivity contribution >= 4 is 11.3 Å². The van der Waals surface area contributed by atoms with Crippen molar-refractivity contribution in [1.29, 1.82) is 0 Å². The fourth-order valence-corrected chi connectivity index (χ4v) is 2.22. The van der Waals surface area contributed by atoms with Crippen LogP contribution in [-0.2, 0) is 4.74 Å². The average molecular weight is 215 g/mol. The molecule has 0 fully saturated rings. The lowest BCUT2D eigenvalue weighted by Gasteiger charge is -2.08. The third-order valence-corrected chi connectivity index (χ3v) is 3.41. The molecule has 5 heteroatoms. The molecule has 80 valence electrons. The van der Waals surface area contributed by atoms with Crippen molar-refractivity contribution in [3.63, 3.8) is 0 Å². The molecule has 14 heavy (non-hydrogen) atoms. The molecule has 4 nitrogen and oxygen atoms in total. The van der Waals surface area contributed by atoms with E-state index in [-0.39, 0.29) is 6.10 Å². The van der Waals surface area contributed by atoms with Crippen LogP contribution in [0.2, 0.25) is 0 Å². The zero-order chi connectivity index (χ0) is 10.6. The Hall–Kier alpha value is -0.520. The van der Waals surface area contributed by atoms with E-state index in [9.17, 15) is 0 Å². The number of hydrogen-bond acceptors (Lipinski definition) is 5. The van der Waals surface area contributed by atoms with Gasteiger partial charge in [0, 0.05) is 7.11 Å². The van der Waals surface area contributed by atoms with Gasteiger partial charge in [0.1, 0.15) is 16.1 Å². The highest BCUT2D eigenvalue weighted by molar-refractivity contribution is 7.11. The Kier molecular flexibility index (Phi) is 4.44. The van der Waals surface area contributed by atoms with Crippen molar-refractivity contribution in [2.75, 3.05) is 14.2 Å². The maximum atomic E-state index is 5.18. The number of nitrogens with one attached hydrogen (secondary N) is 1. The van der Waals surface area contributed by atoms with Gasteiger partial charge in [-0.3, -0.25) is 0 Å². The Morgan fingerprint density at radius 1 is 1.43 bits per heavy atom. The van der Waals surface area contributed by atoms with Crippen molar-refractivity contribution in [1.82, 2.24) is 15.5 Å². The molecule has 1 aromatic heterocycles. The van der Waals surface area contributed by atoms with E-state index in [1.807, 2.05) is 14.0 Å². The molecule has 1 heterocycles. The number of methoxy groups -OCH3 is 1. The fourth-order valence-electron chi connectivity index (χ4n) is 1.15. The molecule has 1 aromatic rings. The van der Waals surface area contributed by atoms with Crippen LogP contribution in [0.1, 0.15) is 42.4 Å². The minimum atomic E-state index is 0.0376. The molecule has 0 saturated carbocycles. The van der Waals surface area contributed by atoms with E-state index in [0.29, 0.717) is 6.04 Å². The third-order valence-electron chi connectivity index (χ3n) is 2.21.